The Morgan fingerprint density at radius 1 is 1.60 bits per heavy atom. The van der Waals surface area contributed by atoms with Crippen molar-refractivity contribution in [3.8, 4) is 0 Å². The third kappa shape index (κ3) is 2.95. The van der Waals surface area contributed by atoms with Gasteiger partial charge in [-0.1, -0.05) is 11.6 Å². The Morgan fingerprint density at radius 3 is 2.80 bits per heavy atom. The van der Waals surface area contributed by atoms with Gasteiger partial charge in [-0.15, -0.1) is 11.6 Å². The molecule has 0 N–H and O–H groups in total. The second kappa shape index (κ2) is 5.52. The number of carbonyl (C=O) groups excluding carboxylic acids is 1. The molecule has 0 radical (unpaired) electrons. The lowest BCUT2D eigenvalue weighted by Gasteiger charge is -2.09. The Kier molecular flexibility index (Phi) is 4.61. The molecule has 84 valence electrons. The maximum atomic E-state index is 11.8. The van der Waals surface area contributed by atoms with Gasteiger partial charge in [-0.2, -0.15) is 5.10 Å². The third-order valence-electron chi connectivity index (χ3n) is 2.04. The number of aromatic nitrogens is 2. The quantitative estimate of drug-likeness (QED) is 0.592. The molecule has 0 aliphatic rings. The van der Waals surface area contributed by atoms with Crippen molar-refractivity contribution >= 4 is 29.0 Å². The predicted octanol–water partition coefficient (Wildman–Crippen LogP) is 3.32. The SMILES string of the molecule is CC(C)n1ncc(Cl)c1C(=O)CCCCl. The first-order valence-corrected chi connectivity index (χ1v) is 5.81. The number of ketones is 1. The second-order valence-electron chi connectivity index (χ2n) is 3.60. The zero-order valence-corrected chi connectivity index (χ0v) is 10.3. The van der Waals surface area contributed by atoms with Gasteiger partial charge in [0.05, 0.1) is 11.2 Å². The van der Waals surface area contributed by atoms with E-state index in [1.807, 2.05) is 13.8 Å². The van der Waals surface area contributed by atoms with Crippen molar-refractivity contribution in [3.63, 3.8) is 0 Å². The minimum Gasteiger partial charge on any atom is -0.292 e. The van der Waals surface area contributed by atoms with Gasteiger partial charge in [0.2, 0.25) is 0 Å². The van der Waals surface area contributed by atoms with Crippen molar-refractivity contribution in [1.82, 2.24) is 9.78 Å². The summed E-state index contributed by atoms with van der Waals surface area (Å²) in [5, 5.41) is 4.49. The van der Waals surface area contributed by atoms with E-state index >= 15 is 0 Å². The molecule has 3 nitrogen and oxygen atoms in total. The molecule has 0 bridgehead atoms. The summed E-state index contributed by atoms with van der Waals surface area (Å²) in [6, 6.07) is 0.132. The first-order chi connectivity index (χ1) is 7.07. The number of hydrogen-bond donors (Lipinski definition) is 0. The van der Waals surface area contributed by atoms with Gasteiger partial charge >= 0.3 is 0 Å². The van der Waals surface area contributed by atoms with E-state index in [0.29, 0.717) is 29.4 Å². The highest BCUT2D eigenvalue weighted by Crippen LogP contribution is 2.20. The van der Waals surface area contributed by atoms with Crippen LogP contribution in [0.2, 0.25) is 5.02 Å². The molecule has 1 heterocycles. The van der Waals surface area contributed by atoms with E-state index in [1.54, 1.807) is 4.68 Å². The topological polar surface area (TPSA) is 34.9 Å². The summed E-state index contributed by atoms with van der Waals surface area (Å²) < 4.78 is 1.65. The van der Waals surface area contributed by atoms with Crippen molar-refractivity contribution < 1.29 is 4.79 Å². The van der Waals surface area contributed by atoms with E-state index in [0.717, 1.165) is 0 Å². The first kappa shape index (κ1) is 12.5. The average Bonchev–Trinajstić information content (AvgIpc) is 2.56. The van der Waals surface area contributed by atoms with Crippen LogP contribution in [0.5, 0.6) is 0 Å². The van der Waals surface area contributed by atoms with E-state index < -0.39 is 0 Å². The van der Waals surface area contributed by atoms with Crippen LogP contribution in [-0.2, 0) is 0 Å². The molecule has 0 saturated heterocycles. The van der Waals surface area contributed by atoms with E-state index in [-0.39, 0.29) is 11.8 Å². The van der Waals surface area contributed by atoms with Crippen LogP contribution in [0.3, 0.4) is 0 Å². The van der Waals surface area contributed by atoms with Crippen molar-refractivity contribution in [1.29, 1.82) is 0 Å². The molecule has 0 fully saturated rings. The van der Waals surface area contributed by atoms with Gasteiger partial charge in [0.25, 0.3) is 0 Å². The highest BCUT2D eigenvalue weighted by molar-refractivity contribution is 6.33. The molecule has 1 aromatic rings. The molecule has 0 atom stereocenters. The molecule has 15 heavy (non-hydrogen) atoms. The summed E-state index contributed by atoms with van der Waals surface area (Å²) in [6.45, 7) is 3.92. The van der Waals surface area contributed by atoms with E-state index in [2.05, 4.69) is 5.10 Å². The van der Waals surface area contributed by atoms with Gasteiger partial charge in [-0.05, 0) is 20.3 Å². The first-order valence-electron chi connectivity index (χ1n) is 4.90. The van der Waals surface area contributed by atoms with Crippen LogP contribution in [0, 0.1) is 0 Å². The number of halogens is 2. The summed E-state index contributed by atoms with van der Waals surface area (Å²) in [6.07, 6.45) is 2.59. The highest BCUT2D eigenvalue weighted by Gasteiger charge is 2.18. The van der Waals surface area contributed by atoms with Crippen LogP contribution in [0.15, 0.2) is 6.20 Å². The lowest BCUT2D eigenvalue weighted by molar-refractivity contribution is 0.0970. The molecule has 0 aliphatic carbocycles. The summed E-state index contributed by atoms with van der Waals surface area (Å²) in [4.78, 5) is 11.8. The van der Waals surface area contributed by atoms with Gasteiger partial charge in [0.15, 0.2) is 5.78 Å². The van der Waals surface area contributed by atoms with Crippen molar-refractivity contribution in [2.45, 2.75) is 32.7 Å². The molecule has 0 unspecified atom stereocenters. The Hall–Kier alpha value is -0.540. The zero-order chi connectivity index (χ0) is 11.4. The number of rotatable bonds is 5. The summed E-state index contributed by atoms with van der Waals surface area (Å²) >= 11 is 11.5. The molecular weight excluding hydrogens is 235 g/mol. The maximum Gasteiger partial charge on any atom is 0.182 e. The number of alkyl halides is 1. The maximum absolute atomic E-state index is 11.8. The molecule has 0 saturated carbocycles. The van der Waals surface area contributed by atoms with Crippen molar-refractivity contribution in [3.05, 3.63) is 16.9 Å². The van der Waals surface area contributed by atoms with E-state index in [1.165, 1.54) is 6.20 Å². The molecule has 5 heteroatoms. The molecule has 0 aliphatic heterocycles. The molecule has 1 aromatic heterocycles. The normalized spacial score (nSPS) is 11.0. The van der Waals surface area contributed by atoms with Crippen LogP contribution in [0.1, 0.15) is 43.2 Å². The lowest BCUT2D eigenvalue weighted by Crippen LogP contribution is -2.13. The average molecular weight is 249 g/mol. The molecule has 0 spiro atoms. The van der Waals surface area contributed by atoms with Crippen LogP contribution < -0.4 is 0 Å². The van der Waals surface area contributed by atoms with Gasteiger partial charge in [-0.25, -0.2) is 0 Å². The van der Waals surface area contributed by atoms with Gasteiger partial charge in [0, 0.05) is 18.3 Å². The zero-order valence-electron chi connectivity index (χ0n) is 8.83. The smallest absolute Gasteiger partial charge is 0.182 e. The molecule has 0 aromatic carbocycles. The predicted molar refractivity (Wildman–Crippen MR) is 61.9 cm³/mol. The fraction of sp³-hybridized carbons (Fsp3) is 0.600. The summed E-state index contributed by atoms with van der Waals surface area (Å²) in [5.41, 5.74) is 0.497. The van der Waals surface area contributed by atoms with Gasteiger partial charge in [0.1, 0.15) is 5.69 Å². The largest absolute Gasteiger partial charge is 0.292 e. The lowest BCUT2D eigenvalue weighted by atomic mass is 10.1. The van der Waals surface area contributed by atoms with Crippen LogP contribution >= 0.6 is 23.2 Å². The molecular formula is C10H14Cl2N2O. The van der Waals surface area contributed by atoms with Crippen molar-refractivity contribution in [2.24, 2.45) is 0 Å². The molecule has 0 amide bonds. The van der Waals surface area contributed by atoms with Gasteiger partial charge in [-0.3, -0.25) is 9.48 Å². The number of hydrogen-bond acceptors (Lipinski definition) is 2. The Balaban J connectivity index is 2.91. The fourth-order valence-electron chi connectivity index (χ4n) is 1.34. The second-order valence-corrected chi connectivity index (χ2v) is 4.38. The monoisotopic (exact) mass is 248 g/mol. The van der Waals surface area contributed by atoms with Crippen LogP contribution in [-0.4, -0.2) is 21.4 Å². The Bertz CT molecular complexity index is 347. The Labute approximate surface area is 99.4 Å². The number of nitrogens with zero attached hydrogens (tertiary/aromatic N) is 2. The van der Waals surface area contributed by atoms with Crippen LogP contribution in [0.4, 0.5) is 0 Å². The summed E-state index contributed by atoms with van der Waals surface area (Å²) in [5.74, 6) is 0.492. The van der Waals surface area contributed by atoms with Gasteiger partial charge < -0.3 is 0 Å². The Morgan fingerprint density at radius 2 is 2.27 bits per heavy atom. The minimum absolute atomic E-state index is 0.00634. The standard InChI is InChI=1S/C10H14Cl2N2O/c1-7(2)14-10(8(12)6-13-14)9(15)4-3-5-11/h6-7H,3-5H2,1-2H3. The fourth-order valence-corrected chi connectivity index (χ4v) is 1.71. The minimum atomic E-state index is 0.00634. The van der Waals surface area contributed by atoms with Crippen LogP contribution in [0.25, 0.3) is 0 Å². The van der Waals surface area contributed by atoms with E-state index in [4.69, 9.17) is 23.2 Å². The molecule has 1 rings (SSSR count). The number of Topliss-reactive ketones (excluding diaryl/α,β-unsaturated/α-hetero) is 1. The summed E-state index contributed by atoms with van der Waals surface area (Å²) in [7, 11) is 0. The third-order valence-corrected chi connectivity index (χ3v) is 2.59. The highest BCUT2D eigenvalue weighted by atomic mass is 35.5. The van der Waals surface area contributed by atoms with Crippen molar-refractivity contribution in [2.75, 3.05) is 5.88 Å². The van der Waals surface area contributed by atoms with E-state index in [9.17, 15) is 4.79 Å². The number of carbonyl (C=O) groups is 1.